The van der Waals surface area contributed by atoms with E-state index in [0.29, 0.717) is 16.5 Å². The summed E-state index contributed by atoms with van der Waals surface area (Å²) in [7, 11) is 1.61. The SMILES string of the molecule is COc1cccc(C(C)NC(=O)c2ccc3c(c2)[nH]c(=O)c2cnccc23)c1. The van der Waals surface area contributed by atoms with Crippen LogP contribution >= 0.6 is 0 Å². The van der Waals surface area contributed by atoms with Crippen molar-refractivity contribution < 1.29 is 9.53 Å². The molecule has 140 valence electrons. The van der Waals surface area contributed by atoms with E-state index in [0.717, 1.165) is 22.1 Å². The number of carbonyl (C=O) groups excluding carboxylic acids is 1. The van der Waals surface area contributed by atoms with Crippen LogP contribution < -0.4 is 15.6 Å². The molecular formula is C22H19N3O3. The summed E-state index contributed by atoms with van der Waals surface area (Å²) in [5, 5.41) is 5.19. The molecule has 0 bridgehead atoms. The van der Waals surface area contributed by atoms with Gasteiger partial charge in [-0.3, -0.25) is 14.6 Å². The molecule has 1 amide bonds. The third-order valence-corrected chi connectivity index (χ3v) is 4.83. The summed E-state index contributed by atoms with van der Waals surface area (Å²) in [6.45, 7) is 1.91. The lowest BCUT2D eigenvalue weighted by atomic mass is 10.0. The molecule has 0 fully saturated rings. The van der Waals surface area contributed by atoms with Gasteiger partial charge in [-0.1, -0.05) is 18.2 Å². The second-order valence-corrected chi connectivity index (χ2v) is 6.61. The number of methoxy groups -OCH3 is 1. The molecule has 6 heteroatoms. The summed E-state index contributed by atoms with van der Waals surface area (Å²) >= 11 is 0. The van der Waals surface area contributed by atoms with Gasteiger partial charge in [0.2, 0.25) is 0 Å². The molecule has 1 unspecified atom stereocenters. The van der Waals surface area contributed by atoms with Gasteiger partial charge in [0.15, 0.2) is 0 Å². The number of H-pyrrole nitrogens is 1. The lowest BCUT2D eigenvalue weighted by molar-refractivity contribution is 0.0940. The quantitative estimate of drug-likeness (QED) is 0.536. The van der Waals surface area contributed by atoms with E-state index >= 15 is 0 Å². The van der Waals surface area contributed by atoms with Crippen molar-refractivity contribution in [2.24, 2.45) is 0 Å². The summed E-state index contributed by atoms with van der Waals surface area (Å²) in [4.78, 5) is 31.9. The molecule has 2 aromatic carbocycles. The Morgan fingerprint density at radius 1 is 1.11 bits per heavy atom. The molecule has 0 aliphatic carbocycles. The molecule has 0 aliphatic rings. The van der Waals surface area contributed by atoms with Gasteiger partial charge in [-0.05, 0) is 48.2 Å². The van der Waals surface area contributed by atoms with Crippen LogP contribution in [-0.2, 0) is 0 Å². The van der Waals surface area contributed by atoms with Gasteiger partial charge in [-0.2, -0.15) is 0 Å². The minimum absolute atomic E-state index is 0.194. The second-order valence-electron chi connectivity index (χ2n) is 6.61. The van der Waals surface area contributed by atoms with Crippen LogP contribution in [-0.4, -0.2) is 23.0 Å². The van der Waals surface area contributed by atoms with E-state index in [-0.39, 0.29) is 17.5 Å². The summed E-state index contributed by atoms with van der Waals surface area (Å²) in [6.07, 6.45) is 3.20. The smallest absolute Gasteiger partial charge is 0.257 e. The first kappa shape index (κ1) is 17.7. The largest absolute Gasteiger partial charge is 0.497 e. The van der Waals surface area contributed by atoms with Crippen LogP contribution in [0.5, 0.6) is 5.75 Å². The summed E-state index contributed by atoms with van der Waals surface area (Å²) in [6, 6.07) is 14.5. The molecule has 2 aromatic heterocycles. The fourth-order valence-corrected chi connectivity index (χ4v) is 3.30. The Hall–Kier alpha value is -3.67. The number of fused-ring (bicyclic) bond motifs is 3. The van der Waals surface area contributed by atoms with Crippen molar-refractivity contribution in [2.45, 2.75) is 13.0 Å². The predicted molar refractivity (Wildman–Crippen MR) is 109 cm³/mol. The zero-order valence-corrected chi connectivity index (χ0v) is 15.5. The van der Waals surface area contributed by atoms with Crippen molar-refractivity contribution in [3.05, 3.63) is 82.4 Å². The van der Waals surface area contributed by atoms with Crippen LogP contribution in [0, 0.1) is 0 Å². The van der Waals surface area contributed by atoms with Gasteiger partial charge in [0, 0.05) is 28.9 Å². The van der Waals surface area contributed by atoms with Crippen LogP contribution in [0.15, 0.2) is 65.7 Å². The second kappa shape index (κ2) is 7.15. The number of hydrogen-bond acceptors (Lipinski definition) is 4. The average Bonchev–Trinajstić information content (AvgIpc) is 2.73. The highest BCUT2D eigenvalue weighted by molar-refractivity contribution is 6.07. The van der Waals surface area contributed by atoms with Crippen LogP contribution in [0.25, 0.3) is 21.7 Å². The highest BCUT2D eigenvalue weighted by Crippen LogP contribution is 2.23. The number of rotatable bonds is 4. The predicted octanol–water partition coefficient (Wildman–Crippen LogP) is 3.58. The number of nitrogens with one attached hydrogen (secondary N) is 2. The van der Waals surface area contributed by atoms with Crippen molar-refractivity contribution >= 4 is 27.6 Å². The van der Waals surface area contributed by atoms with E-state index in [1.165, 1.54) is 0 Å². The van der Waals surface area contributed by atoms with Crippen LogP contribution in [0.3, 0.4) is 0 Å². The number of hydrogen-bond donors (Lipinski definition) is 2. The maximum atomic E-state index is 12.7. The Morgan fingerprint density at radius 3 is 2.79 bits per heavy atom. The molecule has 2 N–H and O–H groups in total. The monoisotopic (exact) mass is 373 g/mol. The molecule has 4 rings (SSSR count). The first-order chi connectivity index (χ1) is 13.6. The number of ether oxygens (including phenoxy) is 1. The van der Waals surface area contributed by atoms with E-state index < -0.39 is 0 Å². The summed E-state index contributed by atoms with van der Waals surface area (Å²) in [5.41, 5.74) is 1.81. The van der Waals surface area contributed by atoms with E-state index in [4.69, 9.17) is 4.74 Å². The average molecular weight is 373 g/mol. The Morgan fingerprint density at radius 2 is 1.96 bits per heavy atom. The van der Waals surface area contributed by atoms with Crippen molar-refractivity contribution in [2.75, 3.05) is 7.11 Å². The Kier molecular flexibility index (Phi) is 4.53. The fourth-order valence-electron chi connectivity index (χ4n) is 3.30. The minimum Gasteiger partial charge on any atom is -0.497 e. The summed E-state index contributed by atoms with van der Waals surface area (Å²) in [5.74, 6) is 0.524. The van der Waals surface area contributed by atoms with Crippen molar-refractivity contribution in [1.29, 1.82) is 0 Å². The van der Waals surface area contributed by atoms with Crippen molar-refractivity contribution in [3.8, 4) is 5.75 Å². The van der Waals surface area contributed by atoms with E-state index in [1.54, 1.807) is 37.7 Å². The van der Waals surface area contributed by atoms with E-state index in [2.05, 4.69) is 15.3 Å². The van der Waals surface area contributed by atoms with Crippen LogP contribution in [0.2, 0.25) is 0 Å². The van der Waals surface area contributed by atoms with Gasteiger partial charge in [-0.25, -0.2) is 0 Å². The normalized spacial score (nSPS) is 12.1. The molecule has 0 saturated carbocycles. The lowest BCUT2D eigenvalue weighted by Gasteiger charge is -2.15. The number of amides is 1. The maximum absolute atomic E-state index is 12.7. The Bertz CT molecular complexity index is 1250. The van der Waals surface area contributed by atoms with Gasteiger partial charge < -0.3 is 15.0 Å². The fraction of sp³-hybridized carbons (Fsp3) is 0.136. The number of pyridine rings is 2. The molecule has 28 heavy (non-hydrogen) atoms. The molecule has 0 radical (unpaired) electrons. The first-order valence-electron chi connectivity index (χ1n) is 8.91. The van der Waals surface area contributed by atoms with E-state index in [9.17, 15) is 9.59 Å². The number of benzene rings is 2. The Labute approximate surface area is 161 Å². The molecule has 0 aliphatic heterocycles. The molecule has 6 nitrogen and oxygen atoms in total. The summed E-state index contributed by atoms with van der Waals surface area (Å²) < 4.78 is 5.24. The number of carbonyl (C=O) groups is 1. The zero-order valence-electron chi connectivity index (χ0n) is 15.5. The third kappa shape index (κ3) is 3.20. The van der Waals surface area contributed by atoms with Crippen LogP contribution in [0.1, 0.15) is 28.9 Å². The topological polar surface area (TPSA) is 84.1 Å². The van der Waals surface area contributed by atoms with Crippen molar-refractivity contribution in [1.82, 2.24) is 15.3 Å². The molecule has 1 atom stereocenters. The number of aromatic nitrogens is 2. The Balaban J connectivity index is 1.66. The number of aromatic amines is 1. The zero-order chi connectivity index (χ0) is 19.7. The molecule has 0 saturated heterocycles. The van der Waals surface area contributed by atoms with Crippen molar-refractivity contribution in [3.63, 3.8) is 0 Å². The highest BCUT2D eigenvalue weighted by atomic mass is 16.5. The lowest BCUT2D eigenvalue weighted by Crippen LogP contribution is -2.26. The van der Waals surface area contributed by atoms with Gasteiger partial charge >= 0.3 is 0 Å². The van der Waals surface area contributed by atoms with E-state index in [1.807, 2.05) is 37.3 Å². The number of nitrogens with zero attached hydrogens (tertiary/aromatic N) is 1. The standard InChI is InChI=1S/C22H19N3O3/c1-13(14-4-3-5-16(10-14)28-2)24-21(26)15-6-7-18-17-8-9-23-12-19(17)22(27)25-20(18)11-15/h3-13H,1-2H3,(H,24,26)(H,25,27). The first-order valence-corrected chi connectivity index (χ1v) is 8.91. The van der Waals surface area contributed by atoms with Gasteiger partial charge in [0.25, 0.3) is 11.5 Å². The molecule has 0 spiro atoms. The highest BCUT2D eigenvalue weighted by Gasteiger charge is 2.14. The van der Waals surface area contributed by atoms with Gasteiger partial charge in [0.1, 0.15) is 5.75 Å². The molecule has 2 heterocycles. The molecule has 4 aromatic rings. The maximum Gasteiger partial charge on any atom is 0.257 e. The minimum atomic E-state index is -0.224. The van der Waals surface area contributed by atoms with Gasteiger partial charge in [-0.15, -0.1) is 0 Å². The van der Waals surface area contributed by atoms with Gasteiger partial charge in [0.05, 0.1) is 18.5 Å². The van der Waals surface area contributed by atoms with Crippen LogP contribution in [0.4, 0.5) is 0 Å². The molecular weight excluding hydrogens is 354 g/mol. The third-order valence-electron chi connectivity index (χ3n) is 4.83.